The van der Waals surface area contributed by atoms with Gasteiger partial charge in [-0.2, -0.15) is 0 Å². The van der Waals surface area contributed by atoms with Crippen LogP contribution in [0.4, 0.5) is 0 Å². The molecule has 0 spiro atoms. The average Bonchev–Trinajstić information content (AvgIpc) is 3.10. The third kappa shape index (κ3) is 56.7. The van der Waals surface area contributed by atoms with Crippen LogP contribution in [0.1, 0.15) is 45.4 Å². The Morgan fingerprint density at radius 3 is 1.00 bits per heavy atom. The molecule has 1 amide bonds. The number of aliphatic carboxylic acids is 9. The van der Waals surface area contributed by atoms with Crippen molar-refractivity contribution in [1.82, 2.24) is 0 Å². The molecule has 350 valence electrons. The Labute approximate surface area is 348 Å². The SMILES string of the molecule is C[C@H](N)C(=O)O.NC(=O)C[C@H](N)C(=O)O.NC(N)=NCCC[C@H](N)C(=O)O.N[C@@H](CC(=O)O)C(=O)O.N[C@@H](CCC(=O)O)C(=O)O.N[C@@H](CSSC[C@H](N)C(=O)O)C(=O)O. The van der Waals surface area contributed by atoms with Crippen LogP contribution in [-0.4, -0.2) is 172 Å². The fourth-order valence-corrected chi connectivity index (χ4v) is 4.24. The van der Waals surface area contributed by atoms with Crippen LogP contribution in [0.2, 0.25) is 0 Å². The molecule has 0 unspecified atom stereocenters. The van der Waals surface area contributed by atoms with Crippen molar-refractivity contribution < 1.29 is 93.9 Å². The van der Waals surface area contributed by atoms with Crippen molar-refractivity contribution in [3.05, 3.63) is 0 Å². The van der Waals surface area contributed by atoms with Crippen LogP contribution in [-0.2, 0) is 47.9 Å². The molecule has 0 saturated carbocycles. The zero-order valence-electron chi connectivity index (χ0n) is 32.1. The van der Waals surface area contributed by atoms with Crippen LogP contribution in [0.3, 0.4) is 0 Å². The predicted molar refractivity (Wildman–Crippen MR) is 213 cm³/mol. The van der Waals surface area contributed by atoms with Crippen LogP contribution < -0.4 is 57.3 Å². The zero-order chi connectivity index (χ0) is 48.9. The van der Waals surface area contributed by atoms with Gasteiger partial charge in [0.15, 0.2) is 5.96 Å². The molecule has 0 aromatic carbocycles. The molecule has 0 fully saturated rings. The van der Waals surface area contributed by atoms with E-state index in [2.05, 4.69) is 10.7 Å². The van der Waals surface area contributed by atoms with Crippen LogP contribution in [0, 0.1) is 0 Å². The van der Waals surface area contributed by atoms with E-state index >= 15 is 0 Å². The third-order valence-corrected chi connectivity index (χ3v) is 7.80. The Kier molecular flexibility index (Phi) is 44.3. The summed E-state index contributed by atoms with van der Waals surface area (Å²) in [5.41, 5.74) is 50.0. The number of carboxylic acids is 9. The van der Waals surface area contributed by atoms with E-state index in [0.717, 1.165) is 0 Å². The summed E-state index contributed by atoms with van der Waals surface area (Å²) in [7, 11) is 2.41. The Morgan fingerprint density at radius 1 is 0.467 bits per heavy atom. The monoisotopic (exact) mass is 915 g/mol. The Balaban J connectivity index is -0.000000148. The lowest BCUT2D eigenvalue weighted by Gasteiger charge is -2.07. The molecule has 60 heavy (non-hydrogen) atoms. The van der Waals surface area contributed by atoms with Gasteiger partial charge in [0, 0.05) is 24.5 Å². The van der Waals surface area contributed by atoms with Gasteiger partial charge in [0.25, 0.3) is 0 Å². The summed E-state index contributed by atoms with van der Waals surface area (Å²) in [6.07, 6.45) is -0.111. The first kappa shape index (κ1) is 66.2. The highest BCUT2D eigenvalue weighted by molar-refractivity contribution is 8.76. The van der Waals surface area contributed by atoms with Crippen molar-refractivity contribution in [2.24, 2.45) is 62.3 Å². The van der Waals surface area contributed by atoms with Crippen LogP contribution >= 0.6 is 21.6 Å². The van der Waals surface area contributed by atoms with Gasteiger partial charge in [-0.3, -0.25) is 52.9 Å². The smallest absolute Gasteiger partial charge is 0.321 e. The van der Waals surface area contributed by atoms with Crippen LogP contribution in [0.25, 0.3) is 0 Å². The number of rotatable bonds is 23. The number of carbonyl (C=O) groups is 10. The molecule has 7 atom stereocenters. The van der Waals surface area contributed by atoms with E-state index in [1.807, 2.05) is 0 Å². The highest BCUT2D eigenvalue weighted by Gasteiger charge is 2.16. The van der Waals surface area contributed by atoms with E-state index in [0.29, 0.717) is 19.4 Å². The fourth-order valence-electron chi connectivity index (χ4n) is 2.01. The van der Waals surface area contributed by atoms with Crippen LogP contribution in [0.5, 0.6) is 0 Å². The molecule has 0 heterocycles. The third-order valence-electron chi connectivity index (χ3n) is 5.32. The van der Waals surface area contributed by atoms with Crippen molar-refractivity contribution in [3.63, 3.8) is 0 Å². The Morgan fingerprint density at radius 2 is 0.783 bits per heavy atom. The summed E-state index contributed by atoms with van der Waals surface area (Å²) in [5, 5.41) is 73.5. The molecule has 30 nitrogen and oxygen atoms in total. The maximum atomic E-state index is 10.3. The van der Waals surface area contributed by atoms with Crippen molar-refractivity contribution in [3.8, 4) is 0 Å². The van der Waals surface area contributed by atoms with Crippen molar-refractivity contribution in [2.75, 3.05) is 18.1 Å². The number of carbonyl (C=O) groups excluding carboxylic acids is 1. The van der Waals surface area contributed by atoms with Gasteiger partial charge in [-0.15, -0.1) is 0 Å². The minimum atomic E-state index is -1.29. The summed E-state index contributed by atoms with van der Waals surface area (Å²) < 4.78 is 0. The maximum absolute atomic E-state index is 10.3. The number of hydrogen-bond donors (Lipinski definition) is 19. The van der Waals surface area contributed by atoms with E-state index in [-0.39, 0.29) is 36.7 Å². The molecule has 0 bridgehead atoms. The molecule has 0 aliphatic heterocycles. The Bertz CT molecular complexity index is 1320. The second kappa shape index (κ2) is 40.2. The summed E-state index contributed by atoms with van der Waals surface area (Å²) in [6, 6.07) is -6.91. The molecular weight excluding hydrogens is 859 g/mol. The summed E-state index contributed by atoms with van der Waals surface area (Å²) >= 11 is 0. The number of nitrogens with two attached hydrogens (primary N) is 10. The number of guanidine groups is 1. The lowest BCUT2D eigenvalue weighted by molar-refractivity contribution is -0.144. The number of nitrogens with zero attached hydrogens (tertiary/aromatic N) is 1. The van der Waals surface area contributed by atoms with E-state index < -0.39 is 108 Å². The van der Waals surface area contributed by atoms with Crippen LogP contribution in [0.15, 0.2) is 4.99 Å². The first-order valence-electron chi connectivity index (χ1n) is 16.1. The lowest BCUT2D eigenvalue weighted by Crippen LogP contribution is -2.34. The standard InChI is InChI=1S/C6H14N4O2.C6H12N2O4S2.C5H9NO4.C4H8N2O3.C4H7NO4.C3H7NO2/c7-4(5(11)12)2-1-3-10-6(8)9;7-3(5(9)10)1-13-14-2-4(8)6(11)12;6-3(5(9)10)1-2-4(7)8;2*5-2(4(8)9)1-3(6)7;1-2(4)3(5)6/h4H,1-3,7H2,(H,11,12)(H4,8,9,10);3-4H,1-2,7-8H2,(H,9,10)(H,11,12);3H,1-2,6H2,(H,7,8)(H,9,10);2H,1,5H2,(H2,6,7)(H,8,9);2H,1,5H2,(H,6,7)(H,8,9);2H,4H2,1H3,(H,5,6)/t4-;3-,4-;3-;3*2-/m000000/s1. The molecule has 0 saturated heterocycles. The Hall–Kier alpha value is -5.61. The molecule has 29 N–H and O–H groups in total. The number of aliphatic imine (C=N–C) groups is 1. The van der Waals surface area contributed by atoms with Gasteiger partial charge >= 0.3 is 53.7 Å². The highest BCUT2D eigenvalue weighted by atomic mass is 33.1. The average molecular weight is 916 g/mol. The van der Waals surface area contributed by atoms with E-state index in [9.17, 15) is 47.9 Å². The van der Waals surface area contributed by atoms with Crippen molar-refractivity contribution >= 4 is 87.2 Å². The van der Waals surface area contributed by atoms with Crippen molar-refractivity contribution in [1.29, 1.82) is 0 Å². The number of amides is 1. The number of hydrogen-bond acceptors (Lipinski definition) is 20. The van der Waals surface area contributed by atoms with E-state index in [4.69, 9.17) is 97.6 Å². The normalized spacial score (nSPS) is 13.1. The van der Waals surface area contributed by atoms with Gasteiger partial charge in [0.2, 0.25) is 5.91 Å². The first-order chi connectivity index (χ1) is 27.2. The number of carboxylic acid groups (broad SMARTS) is 9. The van der Waals surface area contributed by atoms with Gasteiger partial charge in [0.05, 0.1) is 12.8 Å². The molecule has 0 aromatic heterocycles. The van der Waals surface area contributed by atoms with Crippen molar-refractivity contribution in [2.45, 2.75) is 87.7 Å². The summed E-state index contributed by atoms with van der Waals surface area (Å²) in [4.78, 5) is 103. The second-order valence-corrected chi connectivity index (χ2v) is 13.6. The summed E-state index contributed by atoms with van der Waals surface area (Å²) in [6.45, 7) is 1.84. The highest BCUT2D eigenvalue weighted by Crippen LogP contribution is 2.22. The van der Waals surface area contributed by atoms with E-state index in [1.165, 1.54) is 28.5 Å². The largest absolute Gasteiger partial charge is 0.481 e. The van der Waals surface area contributed by atoms with Gasteiger partial charge in [-0.25, -0.2) is 0 Å². The van der Waals surface area contributed by atoms with Gasteiger partial charge in [0.1, 0.15) is 42.3 Å². The van der Waals surface area contributed by atoms with Gasteiger partial charge < -0.3 is 103 Å². The van der Waals surface area contributed by atoms with E-state index in [1.54, 1.807) is 0 Å². The minimum Gasteiger partial charge on any atom is -0.481 e. The molecular formula is C28H57N11O19S2. The lowest BCUT2D eigenvalue weighted by atomic mass is 10.2. The van der Waals surface area contributed by atoms with Gasteiger partial charge in [-0.1, -0.05) is 21.6 Å². The predicted octanol–water partition coefficient (Wildman–Crippen LogP) is -6.53. The molecule has 0 aromatic rings. The summed E-state index contributed by atoms with van der Waals surface area (Å²) in [5.74, 6) is -10.2. The number of primary amides is 1. The molecule has 32 heteroatoms. The fraction of sp³-hybridized carbons (Fsp3) is 0.607. The van der Waals surface area contributed by atoms with Gasteiger partial charge in [-0.05, 0) is 26.2 Å². The molecule has 0 aliphatic carbocycles. The zero-order valence-corrected chi connectivity index (χ0v) is 33.7. The molecule has 0 rings (SSSR count). The topological polar surface area (TPSA) is 625 Å². The molecule has 0 radical (unpaired) electrons. The quantitative estimate of drug-likeness (QED) is 0.0196. The molecule has 0 aliphatic rings. The first-order valence-corrected chi connectivity index (χ1v) is 18.6. The minimum absolute atomic E-state index is 0.0129. The second-order valence-electron chi connectivity index (χ2n) is 11.0. The maximum Gasteiger partial charge on any atom is 0.321 e.